The molecule has 0 atom stereocenters. The molecule has 0 amide bonds. The standard InChI is InChI=1S/C10H13N3O2/c1-7-5-6-9(13(14)15)10(11-7)12-8-3-2-4-8/h5-6,8H,2-4H2,1H3,(H,11,12). The summed E-state index contributed by atoms with van der Waals surface area (Å²) >= 11 is 0. The Bertz CT molecular complexity index is 388. The number of pyridine rings is 1. The van der Waals surface area contributed by atoms with Crippen LogP contribution >= 0.6 is 0 Å². The number of nitrogens with one attached hydrogen (secondary N) is 1. The Balaban J connectivity index is 2.24. The van der Waals surface area contributed by atoms with Crippen LogP contribution in [0.25, 0.3) is 0 Å². The van der Waals surface area contributed by atoms with Crippen molar-refractivity contribution in [2.24, 2.45) is 0 Å². The quantitative estimate of drug-likeness (QED) is 0.609. The summed E-state index contributed by atoms with van der Waals surface area (Å²) in [5.41, 5.74) is 0.856. The molecule has 0 radical (unpaired) electrons. The first kappa shape index (κ1) is 9.89. The second-order valence-corrected chi connectivity index (χ2v) is 3.85. The van der Waals surface area contributed by atoms with E-state index in [1.54, 1.807) is 6.07 Å². The number of hydrogen-bond donors (Lipinski definition) is 1. The maximum absolute atomic E-state index is 10.7. The third-order valence-corrected chi connectivity index (χ3v) is 2.66. The highest BCUT2D eigenvalue weighted by Crippen LogP contribution is 2.27. The monoisotopic (exact) mass is 207 g/mol. The third kappa shape index (κ3) is 2.06. The number of nitrogens with zero attached hydrogens (tertiary/aromatic N) is 2. The Morgan fingerprint density at radius 3 is 2.80 bits per heavy atom. The van der Waals surface area contributed by atoms with Crippen LogP contribution < -0.4 is 5.32 Å². The summed E-state index contributed by atoms with van der Waals surface area (Å²) in [6.07, 6.45) is 3.34. The van der Waals surface area contributed by atoms with Crippen molar-refractivity contribution in [2.45, 2.75) is 32.2 Å². The number of aromatic nitrogens is 1. The van der Waals surface area contributed by atoms with Gasteiger partial charge in [0.15, 0.2) is 0 Å². The highest BCUT2D eigenvalue weighted by atomic mass is 16.6. The van der Waals surface area contributed by atoms with E-state index in [1.807, 2.05) is 6.92 Å². The zero-order valence-corrected chi connectivity index (χ0v) is 8.56. The highest BCUT2D eigenvalue weighted by Gasteiger charge is 2.22. The first-order chi connectivity index (χ1) is 7.16. The van der Waals surface area contributed by atoms with Crippen LogP contribution in [0.3, 0.4) is 0 Å². The number of hydrogen-bond acceptors (Lipinski definition) is 4. The van der Waals surface area contributed by atoms with E-state index >= 15 is 0 Å². The largest absolute Gasteiger partial charge is 0.362 e. The van der Waals surface area contributed by atoms with Crippen LogP contribution in [0.5, 0.6) is 0 Å². The van der Waals surface area contributed by atoms with Crippen LogP contribution in [0.1, 0.15) is 25.0 Å². The fraction of sp³-hybridized carbons (Fsp3) is 0.500. The summed E-state index contributed by atoms with van der Waals surface area (Å²) in [6, 6.07) is 3.52. The van der Waals surface area contributed by atoms with E-state index in [0.717, 1.165) is 18.5 Å². The first-order valence-electron chi connectivity index (χ1n) is 5.05. The number of nitro groups is 1. The molecule has 5 heteroatoms. The van der Waals surface area contributed by atoms with Crippen molar-refractivity contribution >= 4 is 11.5 Å². The normalized spacial score (nSPS) is 15.8. The van der Waals surface area contributed by atoms with Crippen molar-refractivity contribution in [3.8, 4) is 0 Å². The maximum Gasteiger partial charge on any atom is 0.311 e. The van der Waals surface area contributed by atoms with Crippen LogP contribution in [0.15, 0.2) is 12.1 Å². The van der Waals surface area contributed by atoms with Crippen LogP contribution in [0.4, 0.5) is 11.5 Å². The van der Waals surface area contributed by atoms with Crippen molar-refractivity contribution in [2.75, 3.05) is 5.32 Å². The topological polar surface area (TPSA) is 68.1 Å². The molecule has 0 saturated heterocycles. The van der Waals surface area contributed by atoms with Crippen molar-refractivity contribution in [3.63, 3.8) is 0 Å². The van der Waals surface area contributed by atoms with Crippen LogP contribution in [-0.2, 0) is 0 Å². The summed E-state index contributed by atoms with van der Waals surface area (Å²) in [4.78, 5) is 14.5. The molecule has 5 nitrogen and oxygen atoms in total. The number of aryl methyl sites for hydroxylation is 1. The van der Waals surface area contributed by atoms with Gasteiger partial charge in [0.05, 0.1) is 4.92 Å². The lowest BCUT2D eigenvalue weighted by molar-refractivity contribution is -0.384. The van der Waals surface area contributed by atoms with Gasteiger partial charge in [-0.15, -0.1) is 0 Å². The first-order valence-corrected chi connectivity index (χ1v) is 5.05. The molecule has 1 fully saturated rings. The van der Waals surface area contributed by atoms with Gasteiger partial charge in [0.2, 0.25) is 5.82 Å². The molecule has 1 N–H and O–H groups in total. The van der Waals surface area contributed by atoms with E-state index < -0.39 is 4.92 Å². The molecular weight excluding hydrogens is 194 g/mol. The zero-order chi connectivity index (χ0) is 10.8. The van der Waals surface area contributed by atoms with Gasteiger partial charge in [-0.2, -0.15) is 0 Å². The Morgan fingerprint density at radius 2 is 2.27 bits per heavy atom. The summed E-state index contributed by atoms with van der Waals surface area (Å²) < 4.78 is 0. The van der Waals surface area contributed by atoms with Gasteiger partial charge in [-0.05, 0) is 32.3 Å². The van der Waals surface area contributed by atoms with Gasteiger partial charge in [0.1, 0.15) is 0 Å². The molecule has 1 saturated carbocycles. The second kappa shape index (κ2) is 3.84. The molecule has 0 unspecified atom stereocenters. The van der Waals surface area contributed by atoms with Crippen LogP contribution in [-0.4, -0.2) is 15.9 Å². The van der Waals surface area contributed by atoms with Crippen LogP contribution in [0.2, 0.25) is 0 Å². The Morgan fingerprint density at radius 1 is 1.53 bits per heavy atom. The minimum Gasteiger partial charge on any atom is -0.362 e. The van der Waals surface area contributed by atoms with Gasteiger partial charge in [0.25, 0.3) is 0 Å². The molecule has 0 bridgehead atoms. The van der Waals surface area contributed by atoms with Gasteiger partial charge in [0, 0.05) is 17.8 Å². The van der Waals surface area contributed by atoms with Gasteiger partial charge in [-0.3, -0.25) is 10.1 Å². The lowest BCUT2D eigenvalue weighted by Crippen LogP contribution is -2.27. The third-order valence-electron chi connectivity index (χ3n) is 2.66. The fourth-order valence-electron chi connectivity index (χ4n) is 1.55. The molecule has 1 aromatic rings. The van der Waals surface area contributed by atoms with E-state index in [1.165, 1.54) is 12.5 Å². The smallest absolute Gasteiger partial charge is 0.311 e. The van der Waals surface area contributed by atoms with Gasteiger partial charge in [-0.1, -0.05) is 0 Å². The van der Waals surface area contributed by atoms with Crippen molar-refractivity contribution in [1.82, 2.24) is 4.98 Å². The molecule has 1 heterocycles. The summed E-state index contributed by atoms with van der Waals surface area (Å²) in [5, 5.41) is 13.9. The Kier molecular flexibility index (Phi) is 2.53. The molecule has 0 aromatic carbocycles. The molecule has 1 aliphatic carbocycles. The van der Waals surface area contributed by atoms with E-state index in [0.29, 0.717) is 11.9 Å². The van der Waals surface area contributed by atoms with E-state index in [4.69, 9.17) is 0 Å². The van der Waals surface area contributed by atoms with Gasteiger partial charge >= 0.3 is 5.69 Å². The SMILES string of the molecule is Cc1ccc([N+](=O)[O-])c(NC2CCC2)n1. The lowest BCUT2D eigenvalue weighted by atomic mass is 9.93. The molecule has 0 aliphatic heterocycles. The van der Waals surface area contributed by atoms with Gasteiger partial charge in [-0.25, -0.2) is 4.98 Å². The average molecular weight is 207 g/mol. The number of rotatable bonds is 3. The zero-order valence-electron chi connectivity index (χ0n) is 8.56. The molecular formula is C10H13N3O2. The summed E-state index contributed by atoms with van der Waals surface area (Å²) in [6.45, 7) is 1.83. The predicted molar refractivity (Wildman–Crippen MR) is 56.9 cm³/mol. The van der Waals surface area contributed by atoms with Gasteiger partial charge < -0.3 is 5.32 Å². The van der Waals surface area contributed by atoms with Crippen molar-refractivity contribution < 1.29 is 4.92 Å². The minimum absolute atomic E-state index is 0.0625. The second-order valence-electron chi connectivity index (χ2n) is 3.85. The Hall–Kier alpha value is -1.65. The predicted octanol–water partition coefficient (Wildman–Crippen LogP) is 2.26. The highest BCUT2D eigenvalue weighted by molar-refractivity contribution is 5.56. The molecule has 15 heavy (non-hydrogen) atoms. The lowest BCUT2D eigenvalue weighted by Gasteiger charge is -2.26. The molecule has 2 rings (SSSR count). The number of anilines is 1. The molecule has 80 valence electrons. The minimum atomic E-state index is -0.395. The maximum atomic E-state index is 10.7. The van der Waals surface area contributed by atoms with Crippen molar-refractivity contribution in [1.29, 1.82) is 0 Å². The Labute approximate surface area is 87.7 Å². The summed E-state index contributed by atoms with van der Waals surface area (Å²) in [7, 11) is 0. The molecule has 1 aliphatic rings. The van der Waals surface area contributed by atoms with Crippen LogP contribution in [0, 0.1) is 17.0 Å². The molecule has 0 spiro atoms. The van der Waals surface area contributed by atoms with Crippen molar-refractivity contribution in [3.05, 3.63) is 27.9 Å². The fourth-order valence-corrected chi connectivity index (χ4v) is 1.55. The average Bonchev–Trinajstić information content (AvgIpc) is 2.11. The molecule has 1 aromatic heterocycles. The van der Waals surface area contributed by atoms with E-state index in [9.17, 15) is 10.1 Å². The summed E-state index contributed by atoms with van der Waals surface area (Å²) in [5.74, 6) is 0.407. The van der Waals surface area contributed by atoms with E-state index in [-0.39, 0.29) is 5.69 Å². The van der Waals surface area contributed by atoms with E-state index in [2.05, 4.69) is 10.3 Å².